The molecule has 0 spiro atoms. The number of ether oxygens (including phenoxy) is 3. The third kappa shape index (κ3) is 27.4. The number of aldehydes is 1. The summed E-state index contributed by atoms with van der Waals surface area (Å²) in [5.74, 6) is -1.44. The number of hydrogen-bond acceptors (Lipinski definition) is 13. The molecule has 0 saturated heterocycles. The molecule has 19 nitrogen and oxygen atoms in total. The van der Waals surface area contributed by atoms with Crippen LogP contribution >= 0.6 is 7.82 Å². The summed E-state index contributed by atoms with van der Waals surface area (Å²) in [6.45, 7) is 0.822. The SMILES string of the molecule is CNCCCNC(=O)CCOCC(COCCC=O)(COCCC(=O)NCCCN)NC(=O)CCCC(=O)NCC(O)COP(=O)(O)O. The highest BCUT2D eigenvalue weighted by Gasteiger charge is 2.34. The number of phosphoric acid groups is 1. The molecular formula is C28H55N6O13P. The van der Waals surface area contributed by atoms with Crippen LogP contribution in [0.25, 0.3) is 0 Å². The molecule has 280 valence electrons. The van der Waals surface area contributed by atoms with Crippen LogP contribution in [0.1, 0.15) is 51.4 Å². The molecule has 0 aliphatic heterocycles. The average molecular weight is 715 g/mol. The van der Waals surface area contributed by atoms with E-state index in [9.17, 15) is 33.6 Å². The van der Waals surface area contributed by atoms with Gasteiger partial charge in [-0.05, 0) is 39.4 Å². The summed E-state index contributed by atoms with van der Waals surface area (Å²) in [6, 6.07) is 0. The predicted octanol–water partition coefficient (Wildman–Crippen LogP) is -2.79. The van der Waals surface area contributed by atoms with Crippen LogP contribution in [-0.2, 0) is 47.3 Å². The van der Waals surface area contributed by atoms with Crippen molar-refractivity contribution in [3.8, 4) is 0 Å². The van der Waals surface area contributed by atoms with Crippen LogP contribution in [0.3, 0.4) is 0 Å². The van der Waals surface area contributed by atoms with Gasteiger partial charge in [0.15, 0.2) is 0 Å². The van der Waals surface area contributed by atoms with Gasteiger partial charge >= 0.3 is 7.82 Å². The maximum Gasteiger partial charge on any atom is 0.469 e. The molecule has 0 aliphatic rings. The van der Waals surface area contributed by atoms with Crippen LogP contribution in [-0.4, -0.2) is 142 Å². The van der Waals surface area contributed by atoms with Crippen molar-refractivity contribution < 1.29 is 62.2 Å². The fraction of sp³-hybridized carbons (Fsp3) is 0.821. The van der Waals surface area contributed by atoms with Crippen LogP contribution in [0.2, 0.25) is 0 Å². The number of aliphatic hydroxyl groups excluding tert-OH is 1. The van der Waals surface area contributed by atoms with E-state index >= 15 is 0 Å². The van der Waals surface area contributed by atoms with E-state index in [1.54, 1.807) is 0 Å². The summed E-state index contributed by atoms with van der Waals surface area (Å²) < 4.78 is 32.1. The maximum absolute atomic E-state index is 13.0. The summed E-state index contributed by atoms with van der Waals surface area (Å²) >= 11 is 0. The molecule has 10 N–H and O–H groups in total. The Bertz CT molecular complexity index is 974. The van der Waals surface area contributed by atoms with Crippen LogP contribution in [0.4, 0.5) is 0 Å². The smallest absolute Gasteiger partial charge is 0.389 e. The number of carbonyl (C=O) groups excluding carboxylic acids is 5. The van der Waals surface area contributed by atoms with Gasteiger partial charge in [0.1, 0.15) is 11.8 Å². The highest BCUT2D eigenvalue weighted by Crippen LogP contribution is 2.35. The molecule has 0 aliphatic carbocycles. The lowest BCUT2D eigenvalue weighted by atomic mass is 10.0. The second-order valence-corrected chi connectivity index (χ2v) is 12.1. The minimum atomic E-state index is -4.76. The van der Waals surface area contributed by atoms with Crippen LogP contribution < -0.4 is 32.3 Å². The molecule has 0 fully saturated rings. The first-order chi connectivity index (χ1) is 22.9. The number of carbonyl (C=O) groups is 5. The summed E-state index contributed by atoms with van der Waals surface area (Å²) in [7, 11) is -2.95. The normalized spacial score (nSPS) is 13.3. The van der Waals surface area contributed by atoms with Crippen molar-refractivity contribution in [1.29, 1.82) is 0 Å². The van der Waals surface area contributed by atoms with E-state index in [1.165, 1.54) is 0 Å². The topological polar surface area (TPSA) is 286 Å². The first-order valence-electron chi connectivity index (χ1n) is 15.9. The monoisotopic (exact) mass is 714 g/mol. The zero-order valence-corrected chi connectivity index (χ0v) is 28.6. The van der Waals surface area contributed by atoms with Crippen molar-refractivity contribution in [2.75, 3.05) is 86.0 Å². The molecule has 0 aromatic heterocycles. The van der Waals surface area contributed by atoms with E-state index in [4.69, 9.17) is 29.7 Å². The molecular weight excluding hydrogens is 659 g/mol. The number of rotatable bonds is 32. The van der Waals surface area contributed by atoms with Crippen molar-refractivity contribution in [3.05, 3.63) is 0 Å². The number of nitrogens with two attached hydrogens (primary N) is 1. The second kappa shape index (κ2) is 28.3. The number of nitrogens with one attached hydrogen (secondary N) is 5. The lowest BCUT2D eigenvalue weighted by Crippen LogP contribution is -2.58. The molecule has 4 amide bonds. The summed E-state index contributed by atoms with van der Waals surface area (Å²) in [5.41, 5.74) is 4.17. The third-order valence-electron chi connectivity index (χ3n) is 6.27. The molecule has 2 atom stereocenters. The van der Waals surface area contributed by atoms with Crippen LogP contribution in [0.15, 0.2) is 0 Å². The van der Waals surface area contributed by atoms with Crippen LogP contribution in [0, 0.1) is 0 Å². The van der Waals surface area contributed by atoms with Gasteiger partial charge in [0.05, 0.1) is 52.4 Å². The van der Waals surface area contributed by atoms with E-state index < -0.39 is 37.9 Å². The Labute approximate surface area is 281 Å². The van der Waals surface area contributed by atoms with E-state index in [1.807, 2.05) is 7.05 Å². The van der Waals surface area contributed by atoms with Gasteiger partial charge in [-0.2, -0.15) is 0 Å². The highest BCUT2D eigenvalue weighted by atomic mass is 31.2. The fourth-order valence-electron chi connectivity index (χ4n) is 3.83. The van der Waals surface area contributed by atoms with Gasteiger partial charge in [0.2, 0.25) is 23.6 Å². The van der Waals surface area contributed by atoms with Gasteiger partial charge in [-0.25, -0.2) is 4.57 Å². The average Bonchev–Trinajstić information content (AvgIpc) is 3.03. The minimum Gasteiger partial charge on any atom is -0.389 e. The quantitative estimate of drug-likeness (QED) is 0.0193. The van der Waals surface area contributed by atoms with Crippen molar-refractivity contribution in [2.45, 2.75) is 63.0 Å². The fourth-order valence-corrected chi connectivity index (χ4v) is 4.19. The third-order valence-corrected chi connectivity index (χ3v) is 6.76. The standard InChI is InChI=1S/C28H55N6O13P/c1-30-11-4-13-32-26(39)9-17-46-22-28(20-44-15-5-14-35,21-45-16-8-25(38)31-12-3-10-29)34-27(40)7-2-6-24(37)33-18-23(36)19-47-48(41,42)43/h14,23,30,36H,2-13,15-22,29H2,1H3,(H,31,38)(H,32,39)(H,33,37)(H,34,40)(H2,41,42,43). The van der Waals surface area contributed by atoms with E-state index in [2.05, 4.69) is 31.1 Å². The molecule has 0 rings (SSSR count). The zero-order chi connectivity index (χ0) is 36.1. The molecule has 0 heterocycles. The Morgan fingerprint density at radius 2 is 1.33 bits per heavy atom. The number of phosphoric ester groups is 1. The molecule has 0 aromatic rings. The molecule has 0 aromatic carbocycles. The Balaban J connectivity index is 5.24. The van der Waals surface area contributed by atoms with Crippen molar-refractivity contribution in [3.63, 3.8) is 0 Å². The molecule has 48 heavy (non-hydrogen) atoms. The molecule has 0 bridgehead atoms. The Kier molecular flexibility index (Phi) is 26.8. The molecule has 2 unspecified atom stereocenters. The Hall–Kier alpha value is -2.58. The highest BCUT2D eigenvalue weighted by molar-refractivity contribution is 7.46. The first-order valence-corrected chi connectivity index (χ1v) is 17.4. The Morgan fingerprint density at radius 1 is 0.792 bits per heavy atom. The van der Waals surface area contributed by atoms with Gasteiger partial charge < -0.3 is 66.2 Å². The lowest BCUT2D eigenvalue weighted by molar-refractivity contribution is -0.130. The van der Waals surface area contributed by atoms with Gasteiger partial charge in [0, 0.05) is 51.7 Å². The van der Waals surface area contributed by atoms with Gasteiger partial charge in [-0.3, -0.25) is 23.7 Å². The minimum absolute atomic E-state index is 0.0145. The predicted molar refractivity (Wildman–Crippen MR) is 172 cm³/mol. The van der Waals surface area contributed by atoms with E-state index in [0.29, 0.717) is 32.3 Å². The van der Waals surface area contributed by atoms with Gasteiger partial charge in [-0.1, -0.05) is 0 Å². The van der Waals surface area contributed by atoms with Crippen LogP contribution in [0.5, 0.6) is 0 Å². The molecule has 0 saturated carbocycles. The van der Waals surface area contributed by atoms with Gasteiger partial charge in [-0.15, -0.1) is 0 Å². The number of hydrogen-bond donors (Lipinski definition) is 9. The van der Waals surface area contributed by atoms with Gasteiger partial charge in [0.25, 0.3) is 0 Å². The Morgan fingerprint density at radius 3 is 1.88 bits per heavy atom. The summed E-state index contributed by atoms with van der Waals surface area (Å²) in [5, 5.41) is 23.4. The van der Waals surface area contributed by atoms with E-state index in [0.717, 1.165) is 13.0 Å². The zero-order valence-electron chi connectivity index (χ0n) is 27.7. The number of amides is 4. The lowest BCUT2D eigenvalue weighted by Gasteiger charge is -2.34. The second-order valence-electron chi connectivity index (χ2n) is 10.8. The summed E-state index contributed by atoms with van der Waals surface area (Å²) in [4.78, 5) is 77.6. The summed E-state index contributed by atoms with van der Waals surface area (Å²) in [6.07, 6.45) is 0.833. The first kappa shape index (κ1) is 45.4. The van der Waals surface area contributed by atoms with E-state index in [-0.39, 0.29) is 96.5 Å². The van der Waals surface area contributed by atoms with Crippen molar-refractivity contribution in [2.24, 2.45) is 5.73 Å². The number of aliphatic hydroxyl groups is 1. The maximum atomic E-state index is 13.0. The van der Waals surface area contributed by atoms with Crippen molar-refractivity contribution in [1.82, 2.24) is 26.6 Å². The molecule has 0 radical (unpaired) electrons. The molecule has 20 heteroatoms. The largest absolute Gasteiger partial charge is 0.469 e. The van der Waals surface area contributed by atoms with Crippen molar-refractivity contribution >= 4 is 37.7 Å².